The molecule has 7 heteroatoms. The summed E-state index contributed by atoms with van der Waals surface area (Å²) in [5.41, 5.74) is 1.00. The van der Waals surface area contributed by atoms with Crippen molar-refractivity contribution >= 4 is 49.5 Å². The number of rotatable bonds is 5. The molecule has 0 aliphatic heterocycles. The summed E-state index contributed by atoms with van der Waals surface area (Å²) < 4.78 is 20.0. The van der Waals surface area contributed by atoms with Crippen molar-refractivity contribution in [3.8, 4) is 11.8 Å². The van der Waals surface area contributed by atoms with Crippen LogP contribution >= 0.6 is 31.9 Å². The third-order valence-corrected chi connectivity index (χ3v) is 4.13. The quantitative estimate of drug-likeness (QED) is 0.516. The van der Waals surface area contributed by atoms with Crippen LogP contribution in [0.4, 0.5) is 4.39 Å². The number of nitriles is 1. The highest BCUT2D eigenvalue weighted by atomic mass is 79.9. The van der Waals surface area contributed by atoms with Gasteiger partial charge in [-0.25, -0.2) is 9.18 Å². The smallest absolute Gasteiger partial charge is 0.341 e. The van der Waals surface area contributed by atoms with Gasteiger partial charge < -0.3 is 9.84 Å². The van der Waals surface area contributed by atoms with Crippen molar-refractivity contribution in [2.45, 2.75) is 0 Å². The molecule has 24 heavy (non-hydrogen) atoms. The standard InChI is InChI=1S/C17H10Br2FNO3/c18-13-6-10(7-14(19)17(13)24-9-16(22)23)5-11(8-21)12-3-1-2-4-15(12)20/h1-7H,9H2,(H,22,23)/b11-5-. The van der Waals surface area contributed by atoms with Crippen molar-refractivity contribution in [2.24, 2.45) is 0 Å². The van der Waals surface area contributed by atoms with E-state index in [0.29, 0.717) is 20.3 Å². The Morgan fingerprint density at radius 2 is 1.92 bits per heavy atom. The van der Waals surface area contributed by atoms with Crippen LogP contribution in [0.15, 0.2) is 45.3 Å². The van der Waals surface area contributed by atoms with Gasteiger partial charge in [-0.1, -0.05) is 18.2 Å². The number of hydrogen-bond donors (Lipinski definition) is 1. The lowest BCUT2D eigenvalue weighted by Crippen LogP contribution is -2.10. The summed E-state index contributed by atoms with van der Waals surface area (Å²) in [6, 6.07) is 11.3. The molecule has 0 atom stereocenters. The second-order valence-corrected chi connectivity index (χ2v) is 6.35. The van der Waals surface area contributed by atoms with Gasteiger partial charge in [0.2, 0.25) is 0 Å². The van der Waals surface area contributed by atoms with Crippen molar-refractivity contribution in [3.05, 3.63) is 62.3 Å². The summed E-state index contributed by atoms with van der Waals surface area (Å²) in [6.45, 7) is -0.481. The van der Waals surface area contributed by atoms with Crippen LogP contribution in [0.1, 0.15) is 11.1 Å². The summed E-state index contributed by atoms with van der Waals surface area (Å²) in [5, 5.41) is 18.0. The third-order valence-electron chi connectivity index (χ3n) is 2.96. The number of allylic oxidation sites excluding steroid dienone is 1. The number of halogens is 3. The summed E-state index contributed by atoms with van der Waals surface area (Å²) >= 11 is 6.59. The van der Waals surface area contributed by atoms with Crippen molar-refractivity contribution < 1.29 is 19.0 Å². The molecule has 0 radical (unpaired) electrons. The van der Waals surface area contributed by atoms with Gasteiger partial charge in [0.05, 0.1) is 20.6 Å². The molecule has 0 fully saturated rings. The molecule has 2 rings (SSSR count). The molecule has 0 aliphatic rings. The molecule has 0 bridgehead atoms. The SMILES string of the molecule is N#C/C(=C/c1cc(Br)c(OCC(=O)O)c(Br)c1)c1ccccc1F. The van der Waals surface area contributed by atoms with E-state index in [-0.39, 0.29) is 11.1 Å². The van der Waals surface area contributed by atoms with Crippen molar-refractivity contribution in [2.75, 3.05) is 6.61 Å². The highest BCUT2D eigenvalue weighted by Crippen LogP contribution is 2.36. The Labute approximate surface area is 154 Å². The van der Waals surface area contributed by atoms with Crippen LogP contribution in [-0.4, -0.2) is 17.7 Å². The molecule has 4 nitrogen and oxygen atoms in total. The molecular formula is C17H10Br2FNO3. The van der Waals surface area contributed by atoms with E-state index in [9.17, 15) is 14.4 Å². The molecule has 0 saturated carbocycles. The maximum absolute atomic E-state index is 13.8. The van der Waals surface area contributed by atoms with Crippen molar-refractivity contribution in [1.82, 2.24) is 0 Å². The zero-order valence-corrected chi connectivity index (χ0v) is 15.3. The van der Waals surface area contributed by atoms with Gasteiger partial charge in [-0.05, 0) is 61.7 Å². The van der Waals surface area contributed by atoms with E-state index in [1.54, 1.807) is 24.3 Å². The van der Waals surface area contributed by atoms with Gasteiger partial charge in [0, 0.05) is 5.56 Å². The fraction of sp³-hybridized carbons (Fsp3) is 0.0588. The van der Waals surface area contributed by atoms with Crippen LogP contribution in [0.2, 0.25) is 0 Å². The van der Waals surface area contributed by atoms with Crippen molar-refractivity contribution in [3.63, 3.8) is 0 Å². The van der Waals surface area contributed by atoms with E-state index in [0.717, 1.165) is 0 Å². The molecule has 0 amide bonds. The van der Waals surface area contributed by atoms with E-state index < -0.39 is 18.4 Å². The minimum atomic E-state index is -1.09. The van der Waals surface area contributed by atoms with E-state index in [1.807, 2.05) is 6.07 Å². The second kappa shape index (κ2) is 8.08. The Morgan fingerprint density at radius 1 is 1.29 bits per heavy atom. The number of carboxylic acid groups (broad SMARTS) is 1. The molecule has 2 aromatic carbocycles. The molecule has 0 unspecified atom stereocenters. The summed E-state index contributed by atoms with van der Waals surface area (Å²) in [6.07, 6.45) is 1.54. The van der Waals surface area contributed by atoms with E-state index in [4.69, 9.17) is 9.84 Å². The van der Waals surface area contributed by atoms with Crippen molar-refractivity contribution in [1.29, 1.82) is 5.26 Å². The summed E-state index contributed by atoms with van der Waals surface area (Å²) in [5.74, 6) is -1.24. The van der Waals surface area contributed by atoms with Crippen LogP contribution in [0.5, 0.6) is 5.75 Å². The first-order valence-corrected chi connectivity index (χ1v) is 8.21. The first kappa shape index (κ1) is 18.2. The fourth-order valence-electron chi connectivity index (χ4n) is 1.95. The first-order chi connectivity index (χ1) is 11.4. The number of carbonyl (C=O) groups is 1. The predicted octanol–water partition coefficient (Wildman–Crippen LogP) is 4.88. The summed E-state index contributed by atoms with van der Waals surface area (Å²) in [4.78, 5) is 10.6. The zero-order chi connectivity index (χ0) is 17.7. The third kappa shape index (κ3) is 4.43. The van der Waals surface area contributed by atoms with Crippen LogP contribution in [0, 0.1) is 17.1 Å². The molecule has 2 aromatic rings. The first-order valence-electron chi connectivity index (χ1n) is 6.62. The largest absolute Gasteiger partial charge is 0.480 e. The van der Waals surface area contributed by atoms with Crippen LogP contribution < -0.4 is 4.74 Å². The second-order valence-electron chi connectivity index (χ2n) is 4.65. The zero-order valence-electron chi connectivity index (χ0n) is 12.1. The average molecular weight is 455 g/mol. The average Bonchev–Trinajstić information content (AvgIpc) is 2.52. The minimum Gasteiger partial charge on any atom is -0.480 e. The molecule has 1 N–H and O–H groups in total. The number of benzene rings is 2. The number of hydrogen-bond acceptors (Lipinski definition) is 3. The molecule has 0 heterocycles. The lowest BCUT2D eigenvalue weighted by molar-refractivity contribution is -0.139. The van der Waals surface area contributed by atoms with Gasteiger partial charge in [0.25, 0.3) is 0 Å². The Balaban J connectivity index is 2.40. The normalized spacial score (nSPS) is 11.0. The number of carboxylic acids is 1. The molecule has 122 valence electrons. The fourth-order valence-corrected chi connectivity index (χ4v) is 3.40. The van der Waals surface area contributed by atoms with Gasteiger partial charge >= 0.3 is 5.97 Å². The molecule has 0 saturated heterocycles. The topological polar surface area (TPSA) is 70.3 Å². The Hall–Kier alpha value is -2.17. The molecule has 0 aliphatic carbocycles. The van der Waals surface area contributed by atoms with Gasteiger partial charge in [0.1, 0.15) is 11.6 Å². The Bertz CT molecular complexity index is 836. The van der Waals surface area contributed by atoms with Crippen LogP contribution in [-0.2, 0) is 4.79 Å². The Kier molecular flexibility index (Phi) is 6.12. The highest BCUT2D eigenvalue weighted by Gasteiger charge is 2.12. The Morgan fingerprint density at radius 3 is 2.46 bits per heavy atom. The summed E-state index contributed by atoms with van der Waals surface area (Å²) in [7, 11) is 0. The van der Waals surface area contributed by atoms with E-state index >= 15 is 0 Å². The van der Waals surface area contributed by atoms with Gasteiger partial charge in [-0.15, -0.1) is 0 Å². The van der Waals surface area contributed by atoms with Crippen LogP contribution in [0.25, 0.3) is 11.6 Å². The van der Waals surface area contributed by atoms with Crippen LogP contribution in [0.3, 0.4) is 0 Å². The lowest BCUT2D eigenvalue weighted by atomic mass is 10.0. The monoisotopic (exact) mass is 453 g/mol. The van der Waals surface area contributed by atoms with E-state index in [1.165, 1.54) is 18.2 Å². The van der Waals surface area contributed by atoms with Gasteiger partial charge in [0.15, 0.2) is 6.61 Å². The lowest BCUT2D eigenvalue weighted by Gasteiger charge is -2.10. The number of aliphatic carboxylic acids is 1. The molecule has 0 spiro atoms. The minimum absolute atomic E-state index is 0.172. The van der Waals surface area contributed by atoms with E-state index in [2.05, 4.69) is 31.9 Å². The maximum atomic E-state index is 13.8. The van der Waals surface area contributed by atoms with Gasteiger partial charge in [-0.2, -0.15) is 5.26 Å². The number of ether oxygens (including phenoxy) is 1. The van der Waals surface area contributed by atoms with Gasteiger partial charge in [-0.3, -0.25) is 0 Å². The predicted molar refractivity (Wildman–Crippen MR) is 94.9 cm³/mol. The molecular weight excluding hydrogens is 445 g/mol. The highest BCUT2D eigenvalue weighted by molar-refractivity contribution is 9.11. The number of nitrogens with zero attached hydrogens (tertiary/aromatic N) is 1. The molecule has 0 aromatic heterocycles. The maximum Gasteiger partial charge on any atom is 0.341 e.